The molecule has 0 aliphatic rings. The number of hydrogen-bond donors (Lipinski definition) is 1. The summed E-state index contributed by atoms with van der Waals surface area (Å²) in [6.45, 7) is 2.02. The molecule has 0 saturated heterocycles. The molecule has 16 heavy (non-hydrogen) atoms. The van der Waals surface area contributed by atoms with E-state index in [-0.39, 0.29) is 5.56 Å². The van der Waals surface area contributed by atoms with E-state index in [4.69, 9.17) is 0 Å². The summed E-state index contributed by atoms with van der Waals surface area (Å²) in [5.41, 5.74) is 2.06. The Labute approximate surface area is 95.9 Å². The van der Waals surface area contributed by atoms with Crippen LogP contribution in [0.4, 0.5) is 0 Å². The largest absolute Gasteiger partial charge is 0.290 e. The zero-order chi connectivity index (χ0) is 11.1. The van der Waals surface area contributed by atoms with Crippen LogP contribution in [0.25, 0.3) is 15.9 Å². The van der Waals surface area contributed by atoms with Gasteiger partial charge in [-0.2, -0.15) is 0 Å². The fourth-order valence-electron chi connectivity index (χ4n) is 1.75. The molecule has 2 aromatic heterocycles. The van der Waals surface area contributed by atoms with E-state index < -0.39 is 0 Å². The van der Waals surface area contributed by atoms with Crippen LogP contribution < -0.4 is 5.56 Å². The zero-order valence-electron chi connectivity index (χ0n) is 8.73. The number of para-hydroxylation sites is 1. The molecular weight excluding hydrogens is 220 g/mol. The van der Waals surface area contributed by atoms with Gasteiger partial charge in [0.15, 0.2) is 0 Å². The molecule has 0 saturated carbocycles. The standard InChI is InChI=1S/C12H10N2OS/c1-8-6-11(16-7-8)14-12(15)9-4-2-3-5-10(9)13-14/h2-7,13H,1H3. The lowest BCUT2D eigenvalue weighted by Crippen LogP contribution is -2.12. The summed E-state index contributed by atoms with van der Waals surface area (Å²) in [5.74, 6) is 0. The van der Waals surface area contributed by atoms with E-state index in [0.29, 0.717) is 0 Å². The maximum atomic E-state index is 12.1. The highest BCUT2D eigenvalue weighted by Crippen LogP contribution is 2.18. The highest BCUT2D eigenvalue weighted by atomic mass is 32.1. The highest BCUT2D eigenvalue weighted by molar-refractivity contribution is 7.12. The number of benzene rings is 1. The lowest BCUT2D eigenvalue weighted by Gasteiger charge is -1.93. The molecule has 0 bridgehead atoms. The molecule has 0 aliphatic heterocycles. The van der Waals surface area contributed by atoms with Gasteiger partial charge in [0.05, 0.1) is 10.9 Å². The van der Waals surface area contributed by atoms with Crippen LogP contribution >= 0.6 is 11.3 Å². The minimum Gasteiger partial charge on any atom is -0.290 e. The molecule has 80 valence electrons. The first-order chi connectivity index (χ1) is 7.75. The molecule has 0 spiro atoms. The van der Waals surface area contributed by atoms with Gasteiger partial charge >= 0.3 is 0 Å². The second-order valence-corrected chi connectivity index (χ2v) is 4.65. The predicted molar refractivity (Wildman–Crippen MR) is 66.5 cm³/mol. The van der Waals surface area contributed by atoms with E-state index in [1.165, 1.54) is 5.56 Å². The molecule has 1 N–H and O–H groups in total. The number of nitrogens with one attached hydrogen (secondary N) is 1. The second kappa shape index (κ2) is 3.35. The Hall–Kier alpha value is -1.81. The van der Waals surface area contributed by atoms with E-state index in [1.807, 2.05) is 42.6 Å². The van der Waals surface area contributed by atoms with Crippen LogP contribution in [0.5, 0.6) is 0 Å². The van der Waals surface area contributed by atoms with Gasteiger partial charge in [0.1, 0.15) is 5.00 Å². The number of hydrogen-bond acceptors (Lipinski definition) is 2. The van der Waals surface area contributed by atoms with E-state index in [2.05, 4.69) is 5.10 Å². The van der Waals surface area contributed by atoms with Crippen LogP contribution in [0.15, 0.2) is 40.5 Å². The molecule has 0 unspecified atom stereocenters. The first-order valence-electron chi connectivity index (χ1n) is 5.01. The van der Waals surface area contributed by atoms with Crippen LogP contribution in [0.2, 0.25) is 0 Å². The van der Waals surface area contributed by atoms with Gasteiger partial charge in [-0.25, -0.2) is 4.68 Å². The Morgan fingerprint density at radius 2 is 2.12 bits per heavy atom. The van der Waals surface area contributed by atoms with Crippen molar-refractivity contribution in [2.75, 3.05) is 0 Å². The Balaban J connectivity index is 2.33. The molecule has 3 rings (SSSR count). The number of nitrogens with zero attached hydrogens (tertiary/aromatic N) is 1. The van der Waals surface area contributed by atoms with Crippen molar-refractivity contribution in [2.45, 2.75) is 6.92 Å². The summed E-state index contributed by atoms with van der Waals surface area (Å²) in [6.07, 6.45) is 0. The van der Waals surface area contributed by atoms with Gasteiger partial charge in [-0.15, -0.1) is 11.3 Å². The molecule has 0 radical (unpaired) electrons. The van der Waals surface area contributed by atoms with Crippen molar-refractivity contribution in [2.24, 2.45) is 0 Å². The SMILES string of the molecule is Cc1csc(-n2[nH]c3ccccc3c2=O)c1. The molecule has 3 nitrogen and oxygen atoms in total. The van der Waals surface area contributed by atoms with Gasteiger partial charge in [0.2, 0.25) is 0 Å². The van der Waals surface area contributed by atoms with Gasteiger partial charge < -0.3 is 0 Å². The first kappa shape index (κ1) is 9.42. The smallest absolute Gasteiger partial charge is 0.279 e. The lowest BCUT2D eigenvalue weighted by atomic mass is 10.3. The third-order valence-corrected chi connectivity index (χ3v) is 3.56. The van der Waals surface area contributed by atoms with E-state index in [0.717, 1.165) is 15.9 Å². The number of rotatable bonds is 1. The summed E-state index contributed by atoms with van der Waals surface area (Å²) >= 11 is 1.56. The topological polar surface area (TPSA) is 37.8 Å². The van der Waals surface area contributed by atoms with Gasteiger partial charge in [-0.3, -0.25) is 9.89 Å². The van der Waals surface area contributed by atoms with E-state index >= 15 is 0 Å². The Morgan fingerprint density at radius 1 is 1.31 bits per heavy atom. The molecule has 0 fully saturated rings. The Kier molecular flexibility index (Phi) is 1.97. The third-order valence-electron chi connectivity index (χ3n) is 2.53. The number of aryl methyl sites for hydroxylation is 1. The summed E-state index contributed by atoms with van der Waals surface area (Å²) in [5, 5.41) is 6.80. The molecule has 0 aliphatic carbocycles. The van der Waals surface area contributed by atoms with Crippen molar-refractivity contribution in [1.29, 1.82) is 0 Å². The minimum absolute atomic E-state index is 0.0115. The average Bonchev–Trinajstić information content (AvgIpc) is 2.84. The number of aromatic nitrogens is 2. The van der Waals surface area contributed by atoms with Crippen LogP contribution in [0.3, 0.4) is 0 Å². The normalized spacial score (nSPS) is 11.1. The number of H-pyrrole nitrogens is 1. The minimum atomic E-state index is 0.0115. The van der Waals surface area contributed by atoms with Crippen molar-refractivity contribution < 1.29 is 0 Å². The molecule has 1 aromatic carbocycles. The number of aromatic amines is 1. The highest BCUT2D eigenvalue weighted by Gasteiger charge is 2.08. The molecular formula is C12H10N2OS. The molecule has 2 heterocycles. The average molecular weight is 230 g/mol. The second-order valence-electron chi connectivity index (χ2n) is 3.76. The number of thiophene rings is 1. The third kappa shape index (κ3) is 1.31. The van der Waals surface area contributed by atoms with Crippen molar-refractivity contribution in [1.82, 2.24) is 9.78 Å². The molecule has 0 amide bonds. The Bertz CT molecular complexity index is 705. The van der Waals surface area contributed by atoms with Crippen LogP contribution in [-0.2, 0) is 0 Å². The van der Waals surface area contributed by atoms with Crippen molar-refractivity contribution in [3.8, 4) is 5.00 Å². The molecule has 0 atom stereocenters. The molecule has 4 heteroatoms. The van der Waals surface area contributed by atoms with E-state index in [1.54, 1.807) is 16.0 Å². The lowest BCUT2D eigenvalue weighted by molar-refractivity contribution is 0.880. The molecule has 3 aromatic rings. The van der Waals surface area contributed by atoms with Gasteiger partial charge in [0.25, 0.3) is 5.56 Å². The van der Waals surface area contributed by atoms with Gasteiger partial charge in [-0.1, -0.05) is 12.1 Å². The summed E-state index contributed by atoms with van der Waals surface area (Å²) in [6, 6.07) is 9.55. The number of fused-ring (bicyclic) bond motifs is 1. The monoisotopic (exact) mass is 230 g/mol. The van der Waals surface area contributed by atoms with Gasteiger partial charge in [0, 0.05) is 0 Å². The zero-order valence-corrected chi connectivity index (χ0v) is 9.54. The van der Waals surface area contributed by atoms with Gasteiger partial charge in [-0.05, 0) is 36.1 Å². The van der Waals surface area contributed by atoms with Crippen LogP contribution in [0, 0.1) is 6.92 Å². The quantitative estimate of drug-likeness (QED) is 0.685. The fourth-order valence-corrected chi connectivity index (χ4v) is 2.61. The first-order valence-corrected chi connectivity index (χ1v) is 5.89. The van der Waals surface area contributed by atoms with Crippen LogP contribution in [0.1, 0.15) is 5.56 Å². The summed E-state index contributed by atoms with van der Waals surface area (Å²) < 4.78 is 1.60. The predicted octanol–water partition coefficient (Wildman–Crippen LogP) is 2.69. The summed E-state index contributed by atoms with van der Waals surface area (Å²) in [7, 11) is 0. The summed E-state index contributed by atoms with van der Waals surface area (Å²) in [4.78, 5) is 12.1. The van der Waals surface area contributed by atoms with Crippen molar-refractivity contribution >= 4 is 22.2 Å². The van der Waals surface area contributed by atoms with Crippen molar-refractivity contribution in [3.05, 3.63) is 51.6 Å². The maximum Gasteiger partial charge on any atom is 0.279 e. The van der Waals surface area contributed by atoms with Crippen LogP contribution in [-0.4, -0.2) is 9.78 Å². The fraction of sp³-hybridized carbons (Fsp3) is 0.0833. The Morgan fingerprint density at radius 3 is 2.81 bits per heavy atom. The van der Waals surface area contributed by atoms with Crippen molar-refractivity contribution in [3.63, 3.8) is 0 Å². The van der Waals surface area contributed by atoms with E-state index in [9.17, 15) is 4.79 Å². The maximum absolute atomic E-state index is 12.1.